The highest BCUT2D eigenvalue weighted by molar-refractivity contribution is 8.02. The molecular formula is C16H20N4OS2. The Morgan fingerprint density at radius 2 is 2.00 bits per heavy atom. The normalized spacial score (nSPS) is 11.6. The molecule has 3 rings (SSSR count). The van der Waals surface area contributed by atoms with Gasteiger partial charge < -0.3 is 0 Å². The van der Waals surface area contributed by atoms with E-state index in [1.807, 2.05) is 40.4 Å². The van der Waals surface area contributed by atoms with E-state index in [0.717, 1.165) is 40.4 Å². The minimum Gasteiger partial charge on any atom is -0.276 e. The van der Waals surface area contributed by atoms with Crippen LogP contribution in [0.15, 0.2) is 34.2 Å². The van der Waals surface area contributed by atoms with Crippen molar-refractivity contribution in [2.24, 2.45) is 0 Å². The van der Waals surface area contributed by atoms with Crippen LogP contribution in [0.1, 0.15) is 19.8 Å². The molecule has 3 aromatic rings. The second kappa shape index (κ2) is 7.40. The first kappa shape index (κ1) is 16.4. The number of fused-ring (bicyclic) bond motifs is 3. The average molecular weight is 348 g/mol. The molecule has 0 fully saturated rings. The lowest BCUT2D eigenvalue weighted by Gasteiger charge is -2.10. The van der Waals surface area contributed by atoms with Gasteiger partial charge in [0, 0.05) is 18.1 Å². The van der Waals surface area contributed by atoms with Crippen molar-refractivity contribution in [1.82, 2.24) is 19.2 Å². The maximum absolute atomic E-state index is 12.8. The molecule has 0 saturated heterocycles. The van der Waals surface area contributed by atoms with Crippen LogP contribution >= 0.6 is 23.5 Å². The Morgan fingerprint density at radius 1 is 1.17 bits per heavy atom. The number of hydrogen-bond acceptors (Lipinski definition) is 5. The molecule has 0 amide bonds. The molecule has 23 heavy (non-hydrogen) atoms. The van der Waals surface area contributed by atoms with Crippen LogP contribution in [0.4, 0.5) is 0 Å². The van der Waals surface area contributed by atoms with Crippen LogP contribution < -0.4 is 5.56 Å². The van der Waals surface area contributed by atoms with Gasteiger partial charge in [0.05, 0.1) is 10.9 Å². The van der Waals surface area contributed by atoms with Crippen LogP contribution in [0.3, 0.4) is 0 Å². The van der Waals surface area contributed by atoms with Gasteiger partial charge in [0.2, 0.25) is 5.78 Å². The van der Waals surface area contributed by atoms with Gasteiger partial charge in [-0.25, -0.2) is 0 Å². The number of nitrogens with zero attached hydrogens (tertiary/aromatic N) is 4. The summed E-state index contributed by atoms with van der Waals surface area (Å²) in [5.74, 6) is 2.69. The van der Waals surface area contributed by atoms with E-state index in [-0.39, 0.29) is 5.56 Å². The molecule has 2 heterocycles. The van der Waals surface area contributed by atoms with Crippen molar-refractivity contribution < 1.29 is 0 Å². The Bertz CT molecular complexity index is 872. The number of hydrogen-bond donors (Lipinski definition) is 0. The lowest BCUT2D eigenvalue weighted by molar-refractivity contribution is 0.620. The Morgan fingerprint density at radius 3 is 2.78 bits per heavy atom. The predicted molar refractivity (Wildman–Crippen MR) is 98.8 cm³/mol. The second-order valence-corrected chi connectivity index (χ2v) is 7.33. The highest BCUT2D eigenvalue weighted by Gasteiger charge is 2.16. The molecule has 5 nitrogen and oxygen atoms in total. The molecule has 0 bridgehead atoms. The molecule has 0 atom stereocenters. The number of unbranched alkanes of at least 4 members (excludes halogenated alkanes) is 1. The first-order valence-electron chi connectivity index (χ1n) is 7.76. The van der Waals surface area contributed by atoms with Crippen molar-refractivity contribution in [3.8, 4) is 0 Å². The Hall–Kier alpha value is -1.47. The van der Waals surface area contributed by atoms with Crippen LogP contribution in [-0.4, -0.2) is 36.9 Å². The summed E-state index contributed by atoms with van der Waals surface area (Å²) in [4.78, 5) is 12.8. The molecule has 2 aromatic heterocycles. The number of aromatic nitrogens is 4. The first-order chi connectivity index (χ1) is 11.3. The Kier molecular flexibility index (Phi) is 5.27. The second-order valence-electron chi connectivity index (χ2n) is 5.29. The lowest BCUT2D eigenvalue weighted by atomic mass is 10.2. The molecule has 7 heteroatoms. The van der Waals surface area contributed by atoms with Crippen molar-refractivity contribution >= 4 is 40.2 Å². The molecular weight excluding hydrogens is 328 g/mol. The summed E-state index contributed by atoms with van der Waals surface area (Å²) in [7, 11) is 0. The summed E-state index contributed by atoms with van der Waals surface area (Å²) >= 11 is 3.50. The minimum atomic E-state index is 0.0228. The highest BCUT2D eigenvalue weighted by atomic mass is 32.2. The topological polar surface area (TPSA) is 52.2 Å². The van der Waals surface area contributed by atoms with Gasteiger partial charge in [-0.3, -0.25) is 13.8 Å². The van der Waals surface area contributed by atoms with Gasteiger partial charge in [0.25, 0.3) is 5.56 Å². The molecule has 0 aliphatic heterocycles. The quantitative estimate of drug-likeness (QED) is 0.484. The van der Waals surface area contributed by atoms with Gasteiger partial charge in [0.1, 0.15) is 0 Å². The molecule has 0 aliphatic rings. The fraction of sp³-hybridized carbons (Fsp3) is 0.438. The summed E-state index contributed by atoms with van der Waals surface area (Å²) in [6.45, 7) is 2.80. The molecule has 122 valence electrons. The van der Waals surface area contributed by atoms with Crippen LogP contribution in [-0.2, 0) is 6.54 Å². The largest absolute Gasteiger partial charge is 0.276 e. The maximum Gasteiger partial charge on any atom is 0.262 e. The number of thioether (sulfide) groups is 2. The van der Waals surface area contributed by atoms with Gasteiger partial charge in [-0.1, -0.05) is 37.2 Å². The molecule has 0 spiro atoms. The standard InChI is InChI=1S/C16H20N4OS2/c1-3-4-9-19-14(21)12-7-5-6-8-13(12)20-15(19)17-18-16(20)23-11-10-22-2/h5-8H,3-4,9-11H2,1-2H3. The number of benzene rings is 1. The molecule has 0 N–H and O–H groups in total. The third-order valence-corrected chi connectivity index (χ3v) is 5.53. The molecule has 0 unspecified atom stereocenters. The Labute approximate surface area is 143 Å². The molecule has 1 aromatic carbocycles. The van der Waals surface area contributed by atoms with E-state index in [9.17, 15) is 4.79 Å². The summed E-state index contributed by atoms with van der Waals surface area (Å²) in [6.07, 6.45) is 4.09. The zero-order valence-corrected chi connectivity index (χ0v) is 15.0. The minimum absolute atomic E-state index is 0.0228. The van der Waals surface area contributed by atoms with Crippen LogP contribution in [0.25, 0.3) is 16.7 Å². The lowest BCUT2D eigenvalue weighted by Crippen LogP contribution is -2.23. The molecule has 0 saturated carbocycles. The van der Waals surface area contributed by atoms with Gasteiger partial charge in [-0.05, 0) is 24.8 Å². The van der Waals surface area contributed by atoms with E-state index in [0.29, 0.717) is 12.3 Å². The smallest absolute Gasteiger partial charge is 0.262 e. The van der Waals surface area contributed by atoms with Crippen molar-refractivity contribution in [1.29, 1.82) is 0 Å². The van der Waals surface area contributed by atoms with E-state index in [4.69, 9.17) is 0 Å². The van der Waals surface area contributed by atoms with Crippen LogP contribution in [0, 0.1) is 0 Å². The summed E-state index contributed by atoms with van der Waals surface area (Å²) < 4.78 is 3.79. The number of rotatable bonds is 7. The van der Waals surface area contributed by atoms with E-state index in [1.165, 1.54) is 0 Å². The molecule has 0 aliphatic carbocycles. The monoisotopic (exact) mass is 348 g/mol. The maximum atomic E-state index is 12.8. The van der Waals surface area contributed by atoms with Gasteiger partial charge in [-0.15, -0.1) is 10.2 Å². The zero-order chi connectivity index (χ0) is 16.2. The van der Waals surface area contributed by atoms with E-state index in [1.54, 1.807) is 16.3 Å². The summed E-state index contributed by atoms with van der Waals surface area (Å²) in [6, 6.07) is 7.71. The van der Waals surface area contributed by atoms with Crippen molar-refractivity contribution in [2.75, 3.05) is 17.8 Å². The molecule has 0 radical (unpaired) electrons. The fourth-order valence-corrected chi connectivity index (χ4v) is 4.15. The third kappa shape index (κ3) is 3.12. The highest BCUT2D eigenvalue weighted by Crippen LogP contribution is 2.22. The van der Waals surface area contributed by atoms with E-state index >= 15 is 0 Å². The first-order valence-corrected chi connectivity index (χ1v) is 10.1. The van der Waals surface area contributed by atoms with Gasteiger partial charge in [0.15, 0.2) is 5.16 Å². The zero-order valence-electron chi connectivity index (χ0n) is 13.4. The summed E-state index contributed by atoms with van der Waals surface area (Å²) in [5, 5.41) is 10.2. The van der Waals surface area contributed by atoms with Crippen LogP contribution in [0.5, 0.6) is 0 Å². The predicted octanol–water partition coefficient (Wildman–Crippen LogP) is 3.30. The van der Waals surface area contributed by atoms with E-state index < -0.39 is 0 Å². The summed E-state index contributed by atoms with van der Waals surface area (Å²) in [5.41, 5.74) is 0.909. The fourth-order valence-electron chi connectivity index (χ4n) is 2.56. The van der Waals surface area contributed by atoms with Gasteiger partial charge >= 0.3 is 0 Å². The number of aryl methyl sites for hydroxylation is 1. The third-order valence-electron chi connectivity index (χ3n) is 3.73. The van der Waals surface area contributed by atoms with Crippen molar-refractivity contribution in [2.45, 2.75) is 31.5 Å². The Balaban J connectivity index is 2.21. The number of para-hydroxylation sites is 1. The van der Waals surface area contributed by atoms with Crippen molar-refractivity contribution in [3.63, 3.8) is 0 Å². The average Bonchev–Trinajstić information content (AvgIpc) is 2.99. The SMILES string of the molecule is CCCCn1c(=O)c2ccccc2n2c(SCCSC)nnc12. The van der Waals surface area contributed by atoms with E-state index in [2.05, 4.69) is 23.4 Å². The van der Waals surface area contributed by atoms with Crippen LogP contribution in [0.2, 0.25) is 0 Å². The van der Waals surface area contributed by atoms with Gasteiger partial charge in [-0.2, -0.15) is 11.8 Å². The van der Waals surface area contributed by atoms with Crippen molar-refractivity contribution in [3.05, 3.63) is 34.6 Å².